The zero-order valence-electron chi connectivity index (χ0n) is 10.8. The van der Waals surface area contributed by atoms with E-state index in [0.29, 0.717) is 13.2 Å². The van der Waals surface area contributed by atoms with Crippen LogP contribution < -0.4 is 0 Å². The standard InChI is InChI=1S/C14H18O5/c1-16-13-11-12(14(8-15,19-13)9-18-11)17-7-10-5-3-2-4-6-10/h2-6,11-13,15H,7-9H2,1H3/t11-,12+,13-,14+/m1/s1. The largest absolute Gasteiger partial charge is 0.393 e. The minimum atomic E-state index is -0.792. The molecule has 0 aromatic heterocycles. The van der Waals surface area contributed by atoms with Crippen LogP contribution in [-0.4, -0.2) is 49.5 Å². The van der Waals surface area contributed by atoms with Gasteiger partial charge in [0.15, 0.2) is 6.29 Å². The van der Waals surface area contributed by atoms with Gasteiger partial charge in [0.2, 0.25) is 0 Å². The lowest BCUT2D eigenvalue weighted by molar-refractivity contribution is -0.242. The molecule has 0 radical (unpaired) electrons. The van der Waals surface area contributed by atoms with Crippen molar-refractivity contribution >= 4 is 0 Å². The van der Waals surface area contributed by atoms with E-state index in [9.17, 15) is 5.11 Å². The van der Waals surface area contributed by atoms with E-state index in [1.165, 1.54) is 0 Å². The molecule has 19 heavy (non-hydrogen) atoms. The molecule has 2 fully saturated rings. The molecule has 0 spiro atoms. The van der Waals surface area contributed by atoms with Gasteiger partial charge in [0.1, 0.15) is 17.8 Å². The number of ether oxygens (including phenoxy) is 4. The average Bonchev–Trinajstić information content (AvgIpc) is 2.98. The van der Waals surface area contributed by atoms with Crippen molar-refractivity contribution in [2.24, 2.45) is 0 Å². The van der Waals surface area contributed by atoms with Gasteiger partial charge in [0, 0.05) is 7.11 Å². The summed E-state index contributed by atoms with van der Waals surface area (Å²) in [6.45, 7) is 0.670. The van der Waals surface area contributed by atoms with Crippen LogP contribution in [0.5, 0.6) is 0 Å². The van der Waals surface area contributed by atoms with E-state index in [4.69, 9.17) is 18.9 Å². The summed E-state index contributed by atoms with van der Waals surface area (Å²) in [5, 5.41) is 9.58. The Bertz CT molecular complexity index is 423. The van der Waals surface area contributed by atoms with E-state index >= 15 is 0 Å². The lowest BCUT2D eigenvalue weighted by Gasteiger charge is -2.28. The molecule has 104 valence electrons. The fourth-order valence-corrected chi connectivity index (χ4v) is 2.69. The van der Waals surface area contributed by atoms with Crippen LogP contribution >= 0.6 is 0 Å². The monoisotopic (exact) mass is 266 g/mol. The predicted octanol–water partition coefficient (Wildman–Crippen LogP) is 0.704. The Hall–Kier alpha value is -0.980. The first-order valence-corrected chi connectivity index (χ1v) is 6.38. The van der Waals surface area contributed by atoms with Crippen molar-refractivity contribution in [2.45, 2.75) is 30.7 Å². The fraction of sp³-hybridized carbons (Fsp3) is 0.571. The van der Waals surface area contributed by atoms with E-state index in [2.05, 4.69) is 0 Å². The summed E-state index contributed by atoms with van der Waals surface area (Å²) in [6.07, 6.45) is -1.05. The normalized spacial score (nSPS) is 36.8. The first-order valence-electron chi connectivity index (χ1n) is 6.38. The molecule has 2 bridgehead atoms. The Labute approximate surface area is 112 Å². The second kappa shape index (κ2) is 5.19. The highest BCUT2D eigenvalue weighted by Gasteiger charge is 2.62. The fourth-order valence-electron chi connectivity index (χ4n) is 2.69. The van der Waals surface area contributed by atoms with E-state index in [-0.39, 0.29) is 18.8 Å². The van der Waals surface area contributed by atoms with Gasteiger partial charge in [-0.15, -0.1) is 0 Å². The van der Waals surface area contributed by atoms with Gasteiger partial charge in [-0.1, -0.05) is 30.3 Å². The molecule has 1 aromatic rings. The quantitative estimate of drug-likeness (QED) is 0.850. The second-order valence-electron chi connectivity index (χ2n) is 4.94. The second-order valence-corrected chi connectivity index (χ2v) is 4.94. The van der Waals surface area contributed by atoms with Crippen molar-refractivity contribution in [2.75, 3.05) is 20.3 Å². The molecule has 0 saturated carbocycles. The number of fused-ring (bicyclic) bond motifs is 2. The number of rotatable bonds is 5. The third-order valence-electron chi connectivity index (χ3n) is 3.73. The van der Waals surface area contributed by atoms with Gasteiger partial charge in [-0.3, -0.25) is 0 Å². The van der Waals surface area contributed by atoms with Crippen LogP contribution in [0.1, 0.15) is 5.56 Å². The summed E-state index contributed by atoms with van der Waals surface area (Å²) in [5.74, 6) is 0. The molecule has 2 saturated heterocycles. The summed E-state index contributed by atoms with van der Waals surface area (Å²) < 4.78 is 22.5. The summed E-state index contributed by atoms with van der Waals surface area (Å²) in [5.41, 5.74) is 0.288. The predicted molar refractivity (Wildman–Crippen MR) is 66.5 cm³/mol. The smallest absolute Gasteiger partial charge is 0.187 e. The maximum absolute atomic E-state index is 9.58. The minimum Gasteiger partial charge on any atom is -0.393 e. The van der Waals surface area contributed by atoms with Gasteiger partial charge >= 0.3 is 0 Å². The van der Waals surface area contributed by atoms with Crippen molar-refractivity contribution in [3.8, 4) is 0 Å². The average molecular weight is 266 g/mol. The zero-order chi connectivity index (χ0) is 13.3. The number of hydrogen-bond donors (Lipinski definition) is 1. The maximum Gasteiger partial charge on any atom is 0.187 e. The molecule has 0 amide bonds. The SMILES string of the molecule is CO[C@@H]1O[C@@]2(CO)CO[C@@H]1[C@@H]2OCc1ccccc1. The number of benzene rings is 1. The lowest BCUT2D eigenvalue weighted by atomic mass is 10.0. The van der Waals surface area contributed by atoms with E-state index in [0.717, 1.165) is 5.56 Å². The first-order chi connectivity index (χ1) is 9.29. The Morgan fingerprint density at radius 1 is 1.37 bits per heavy atom. The van der Waals surface area contributed by atoms with Crippen LogP contribution in [0.15, 0.2) is 30.3 Å². The molecule has 2 aliphatic rings. The highest BCUT2D eigenvalue weighted by atomic mass is 16.8. The molecular formula is C14H18O5. The molecule has 4 atom stereocenters. The van der Waals surface area contributed by atoms with Gasteiger partial charge in [-0.2, -0.15) is 0 Å². The molecule has 1 N–H and O–H groups in total. The number of methoxy groups -OCH3 is 1. The van der Waals surface area contributed by atoms with Gasteiger partial charge < -0.3 is 24.1 Å². The Balaban J connectivity index is 1.70. The van der Waals surface area contributed by atoms with Gasteiger partial charge in [0.05, 0.1) is 19.8 Å². The zero-order valence-corrected chi connectivity index (χ0v) is 10.8. The van der Waals surface area contributed by atoms with Crippen LogP contribution in [-0.2, 0) is 25.6 Å². The summed E-state index contributed by atoms with van der Waals surface area (Å²) in [7, 11) is 1.56. The van der Waals surface area contributed by atoms with Crippen molar-refractivity contribution in [3.05, 3.63) is 35.9 Å². The lowest BCUT2D eigenvalue weighted by Crippen LogP contribution is -2.45. The topological polar surface area (TPSA) is 57.2 Å². The van der Waals surface area contributed by atoms with E-state index in [1.807, 2.05) is 30.3 Å². The number of aliphatic hydroxyl groups is 1. The molecule has 3 rings (SSSR count). The molecule has 0 unspecified atom stereocenters. The molecule has 2 heterocycles. The Morgan fingerprint density at radius 2 is 2.16 bits per heavy atom. The first kappa shape index (κ1) is 13.0. The van der Waals surface area contributed by atoms with Gasteiger partial charge in [-0.05, 0) is 5.56 Å². The van der Waals surface area contributed by atoms with Crippen LogP contribution in [0.3, 0.4) is 0 Å². The molecule has 5 nitrogen and oxygen atoms in total. The van der Waals surface area contributed by atoms with E-state index < -0.39 is 11.9 Å². The third kappa shape index (κ3) is 2.17. The molecule has 1 aromatic carbocycles. The Morgan fingerprint density at radius 3 is 2.84 bits per heavy atom. The molecular weight excluding hydrogens is 248 g/mol. The van der Waals surface area contributed by atoms with Crippen molar-refractivity contribution in [1.29, 1.82) is 0 Å². The van der Waals surface area contributed by atoms with E-state index in [1.54, 1.807) is 7.11 Å². The molecule has 5 heteroatoms. The Kier molecular flexibility index (Phi) is 3.56. The maximum atomic E-state index is 9.58. The summed E-state index contributed by atoms with van der Waals surface area (Å²) in [4.78, 5) is 0. The van der Waals surface area contributed by atoms with Crippen LogP contribution in [0.4, 0.5) is 0 Å². The van der Waals surface area contributed by atoms with Gasteiger partial charge in [0.25, 0.3) is 0 Å². The highest BCUT2D eigenvalue weighted by molar-refractivity contribution is 5.14. The van der Waals surface area contributed by atoms with Crippen molar-refractivity contribution in [1.82, 2.24) is 0 Å². The van der Waals surface area contributed by atoms with Gasteiger partial charge in [-0.25, -0.2) is 0 Å². The number of hydrogen-bond acceptors (Lipinski definition) is 5. The molecule has 2 aliphatic heterocycles. The molecule has 0 aliphatic carbocycles. The number of aliphatic hydroxyl groups excluding tert-OH is 1. The third-order valence-corrected chi connectivity index (χ3v) is 3.73. The highest BCUT2D eigenvalue weighted by Crippen LogP contribution is 2.42. The summed E-state index contributed by atoms with van der Waals surface area (Å²) in [6, 6.07) is 9.89. The van der Waals surface area contributed by atoms with Crippen molar-refractivity contribution < 1.29 is 24.1 Å². The minimum absolute atomic E-state index is 0.136. The van der Waals surface area contributed by atoms with Crippen LogP contribution in [0.2, 0.25) is 0 Å². The summed E-state index contributed by atoms with van der Waals surface area (Å²) >= 11 is 0. The van der Waals surface area contributed by atoms with Crippen LogP contribution in [0, 0.1) is 0 Å². The van der Waals surface area contributed by atoms with Crippen molar-refractivity contribution in [3.63, 3.8) is 0 Å². The van der Waals surface area contributed by atoms with Crippen LogP contribution in [0.25, 0.3) is 0 Å².